The fourth-order valence-corrected chi connectivity index (χ4v) is 3.72. The Bertz CT molecular complexity index is 476. The summed E-state index contributed by atoms with van der Waals surface area (Å²) in [5.41, 5.74) is 0.181. The minimum Gasteiger partial charge on any atom is -0.490 e. The zero-order valence-electron chi connectivity index (χ0n) is 10.8. The molecule has 1 aliphatic carbocycles. The standard InChI is InChI=1S/C15H18O3S/c16-14(17)15(7-8-15)12-3-1-2-4-13(12)18-11-5-9-19-10-6-11/h1-4,11H,5-10H2,(H,16,17). The Morgan fingerprint density at radius 2 is 1.95 bits per heavy atom. The van der Waals surface area contributed by atoms with Crippen LogP contribution in [-0.4, -0.2) is 28.7 Å². The average molecular weight is 278 g/mol. The Hall–Kier alpha value is -1.16. The van der Waals surface area contributed by atoms with Crippen molar-refractivity contribution in [1.82, 2.24) is 0 Å². The zero-order chi connectivity index (χ0) is 13.3. The smallest absolute Gasteiger partial charge is 0.314 e. The lowest BCUT2D eigenvalue weighted by atomic mass is 9.95. The van der Waals surface area contributed by atoms with E-state index in [-0.39, 0.29) is 6.10 Å². The Morgan fingerprint density at radius 3 is 2.58 bits per heavy atom. The molecule has 19 heavy (non-hydrogen) atoms. The first-order valence-corrected chi connectivity index (χ1v) is 7.95. The van der Waals surface area contributed by atoms with Crippen molar-refractivity contribution in [3.63, 3.8) is 0 Å². The molecule has 1 aliphatic heterocycles. The average Bonchev–Trinajstić information content (AvgIpc) is 3.22. The molecule has 0 radical (unpaired) electrons. The predicted molar refractivity (Wildman–Crippen MR) is 76.0 cm³/mol. The molecule has 0 spiro atoms. The molecule has 1 N–H and O–H groups in total. The third kappa shape index (κ3) is 2.46. The number of carbonyl (C=O) groups is 1. The predicted octanol–water partition coefficient (Wildman–Crippen LogP) is 3.08. The van der Waals surface area contributed by atoms with Gasteiger partial charge in [-0.3, -0.25) is 4.79 Å². The molecule has 4 heteroatoms. The second kappa shape index (κ2) is 5.08. The second-order valence-electron chi connectivity index (χ2n) is 5.31. The van der Waals surface area contributed by atoms with E-state index in [0.717, 1.165) is 48.5 Å². The molecule has 2 fully saturated rings. The lowest BCUT2D eigenvalue weighted by Gasteiger charge is -2.25. The third-order valence-corrected chi connectivity index (χ3v) is 5.07. The quantitative estimate of drug-likeness (QED) is 0.919. The number of aliphatic carboxylic acids is 1. The Morgan fingerprint density at radius 1 is 1.26 bits per heavy atom. The van der Waals surface area contributed by atoms with Gasteiger partial charge in [0.05, 0.1) is 5.41 Å². The molecule has 1 aromatic rings. The molecule has 0 amide bonds. The van der Waals surface area contributed by atoms with Crippen LogP contribution in [0.25, 0.3) is 0 Å². The first kappa shape index (κ1) is 12.9. The minimum atomic E-state index is -0.720. The summed E-state index contributed by atoms with van der Waals surface area (Å²) in [6.45, 7) is 0. The minimum absolute atomic E-state index is 0.243. The van der Waals surface area contributed by atoms with Gasteiger partial charge in [0.15, 0.2) is 0 Å². The summed E-state index contributed by atoms with van der Waals surface area (Å²) in [4.78, 5) is 11.5. The summed E-state index contributed by atoms with van der Waals surface area (Å²) in [6, 6.07) is 7.66. The molecule has 1 saturated carbocycles. The van der Waals surface area contributed by atoms with Crippen LogP contribution in [0.4, 0.5) is 0 Å². The van der Waals surface area contributed by atoms with Crippen molar-refractivity contribution in [3.8, 4) is 5.75 Å². The van der Waals surface area contributed by atoms with E-state index in [4.69, 9.17) is 4.74 Å². The monoisotopic (exact) mass is 278 g/mol. The van der Waals surface area contributed by atoms with Crippen LogP contribution in [0.15, 0.2) is 24.3 Å². The molecule has 0 atom stereocenters. The van der Waals surface area contributed by atoms with Crippen molar-refractivity contribution in [3.05, 3.63) is 29.8 Å². The highest BCUT2D eigenvalue weighted by Crippen LogP contribution is 2.51. The van der Waals surface area contributed by atoms with E-state index >= 15 is 0 Å². The molecule has 2 aliphatic rings. The molecular formula is C15H18O3S. The molecule has 3 nitrogen and oxygen atoms in total. The van der Waals surface area contributed by atoms with Crippen molar-refractivity contribution < 1.29 is 14.6 Å². The highest BCUT2D eigenvalue weighted by Gasteiger charge is 2.53. The summed E-state index contributed by atoms with van der Waals surface area (Å²) >= 11 is 1.96. The van der Waals surface area contributed by atoms with Crippen LogP contribution in [0.1, 0.15) is 31.2 Å². The van der Waals surface area contributed by atoms with Crippen LogP contribution in [0.5, 0.6) is 5.75 Å². The number of thioether (sulfide) groups is 1. The van der Waals surface area contributed by atoms with Crippen LogP contribution in [0.3, 0.4) is 0 Å². The zero-order valence-corrected chi connectivity index (χ0v) is 11.6. The Balaban J connectivity index is 1.83. The van der Waals surface area contributed by atoms with Gasteiger partial charge in [-0.05, 0) is 43.3 Å². The van der Waals surface area contributed by atoms with E-state index in [0.29, 0.717) is 0 Å². The number of carboxylic acids is 1. The van der Waals surface area contributed by atoms with Gasteiger partial charge in [0, 0.05) is 5.56 Å². The highest BCUT2D eigenvalue weighted by atomic mass is 32.2. The maximum Gasteiger partial charge on any atom is 0.314 e. The van der Waals surface area contributed by atoms with Crippen molar-refractivity contribution in [2.75, 3.05) is 11.5 Å². The molecule has 1 saturated heterocycles. The highest BCUT2D eigenvalue weighted by molar-refractivity contribution is 7.99. The SMILES string of the molecule is O=C(O)C1(c2ccccc2OC2CCSCC2)CC1. The fraction of sp³-hybridized carbons (Fsp3) is 0.533. The van der Waals surface area contributed by atoms with Crippen LogP contribution >= 0.6 is 11.8 Å². The summed E-state index contributed by atoms with van der Waals surface area (Å²) < 4.78 is 6.09. The van der Waals surface area contributed by atoms with E-state index < -0.39 is 11.4 Å². The molecule has 102 valence electrons. The van der Waals surface area contributed by atoms with Crippen LogP contribution in [0.2, 0.25) is 0 Å². The molecule has 3 rings (SSSR count). The van der Waals surface area contributed by atoms with Gasteiger partial charge in [0.2, 0.25) is 0 Å². The summed E-state index contributed by atoms with van der Waals surface area (Å²) in [5.74, 6) is 2.33. The van der Waals surface area contributed by atoms with Crippen molar-refractivity contribution in [1.29, 1.82) is 0 Å². The van der Waals surface area contributed by atoms with Gasteiger partial charge in [0.1, 0.15) is 11.9 Å². The summed E-state index contributed by atoms with van der Waals surface area (Å²) in [5, 5.41) is 9.43. The van der Waals surface area contributed by atoms with Crippen molar-refractivity contribution in [2.24, 2.45) is 0 Å². The molecule has 1 heterocycles. The van der Waals surface area contributed by atoms with Gasteiger partial charge in [-0.15, -0.1) is 0 Å². The number of benzene rings is 1. The largest absolute Gasteiger partial charge is 0.490 e. The Kier molecular flexibility index (Phi) is 3.44. The van der Waals surface area contributed by atoms with Gasteiger partial charge >= 0.3 is 5.97 Å². The number of ether oxygens (including phenoxy) is 1. The van der Waals surface area contributed by atoms with Crippen LogP contribution < -0.4 is 4.74 Å². The molecule has 0 bridgehead atoms. The number of hydrogen-bond donors (Lipinski definition) is 1. The van der Waals surface area contributed by atoms with Crippen LogP contribution in [-0.2, 0) is 10.2 Å². The summed E-state index contributed by atoms with van der Waals surface area (Å²) in [7, 11) is 0. The van der Waals surface area contributed by atoms with Gasteiger partial charge in [-0.25, -0.2) is 0 Å². The molecular weight excluding hydrogens is 260 g/mol. The normalized spacial score (nSPS) is 21.9. The van der Waals surface area contributed by atoms with E-state index in [1.54, 1.807) is 0 Å². The topological polar surface area (TPSA) is 46.5 Å². The first-order valence-electron chi connectivity index (χ1n) is 6.80. The van der Waals surface area contributed by atoms with E-state index in [1.807, 2.05) is 36.0 Å². The van der Waals surface area contributed by atoms with Gasteiger partial charge in [0.25, 0.3) is 0 Å². The summed E-state index contributed by atoms with van der Waals surface area (Å²) in [6.07, 6.45) is 3.80. The molecule has 1 aromatic carbocycles. The second-order valence-corrected chi connectivity index (χ2v) is 6.54. The maximum absolute atomic E-state index is 11.5. The van der Waals surface area contributed by atoms with E-state index in [9.17, 15) is 9.90 Å². The van der Waals surface area contributed by atoms with Gasteiger partial charge in [-0.1, -0.05) is 18.2 Å². The Labute approximate surface area is 117 Å². The number of carboxylic acid groups (broad SMARTS) is 1. The van der Waals surface area contributed by atoms with E-state index in [2.05, 4.69) is 0 Å². The van der Waals surface area contributed by atoms with Crippen LogP contribution in [0, 0.1) is 0 Å². The van der Waals surface area contributed by atoms with E-state index in [1.165, 1.54) is 0 Å². The third-order valence-electron chi connectivity index (χ3n) is 4.02. The lowest BCUT2D eigenvalue weighted by Crippen LogP contribution is -2.25. The number of hydrogen-bond acceptors (Lipinski definition) is 3. The first-order chi connectivity index (χ1) is 9.22. The fourth-order valence-electron chi connectivity index (χ4n) is 2.66. The van der Waals surface area contributed by atoms with Gasteiger partial charge < -0.3 is 9.84 Å². The molecule has 0 unspecified atom stereocenters. The van der Waals surface area contributed by atoms with Crippen molar-refractivity contribution in [2.45, 2.75) is 37.2 Å². The van der Waals surface area contributed by atoms with Gasteiger partial charge in [-0.2, -0.15) is 11.8 Å². The van der Waals surface area contributed by atoms with Crippen molar-refractivity contribution >= 4 is 17.7 Å². The molecule has 0 aromatic heterocycles. The lowest BCUT2D eigenvalue weighted by molar-refractivity contribution is -0.140. The number of rotatable bonds is 4. The number of para-hydroxylation sites is 1. The maximum atomic E-state index is 11.5.